The molecule has 0 saturated carbocycles. The van der Waals surface area contributed by atoms with Gasteiger partial charge in [0.25, 0.3) is 11.5 Å². The Kier molecular flexibility index (Phi) is 7.66. The van der Waals surface area contributed by atoms with E-state index in [9.17, 15) is 9.59 Å². The van der Waals surface area contributed by atoms with Gasteiger partial charge in [-0.05, 0) is 38.0 Å². The number of rotatable bonds is 9. The number of thiocarbonyl (C=S) groups is 1. The molecule has 0 unspecified atom stereocenters. The lowest BCUT2D eigenvalue weighted by molar-refractivity contribution is -0.122. The van der Waals surface area contributed by atoms with E-state index in [2.05, 4.69) is 17.2 Å². The average molecular weight is 445 g/mol. The van der Waals surface area contributed by atoms with Crippen LogP contribution in [-0.2, 0) is 4.79 Å². The predicted molar refractivity (Wildman–Crippen MR) is 129 cm³/mol. The summed E-state index contributed by atoms with van der Waals surface area (Å²) in [7, 11) is 0. The molecule has 1 fully saturated rings. The van der Waals surface area contributed by atoms with E-state index in [-0.39, 0.29) is 11.5 Å². The fraction of sp³-hybridized carbons (Fsp3) is 0.455. The molecule has 3 rings (SSSR count). The van der Waals surface area contributed by atoms with Crippen molar-refractivity contribution >= 4 is 51.7 Å². The molecule has 1 saturated heterocycles. The Morgan fingerprint density at radius 3 is 2.70 bits per heavy atom. The summed E-state index contributed by atoms with van der Waals surface area (Å²) in [5.74, 6) is 0.360. The van der Waals surface area contributed by atoms with Crippen LogP contribution in [0.1, 0.15) is 57.1 Å². The van der Waals surface area contributed by atoms with E-state index < -0.39 is 0 Å². The number of carbonyl (C=O) groups is 1. The van der Waals surface area contributed by atoms with Crippen LogP contribution in [0.5, 0.6) is 0 Å². The molecule has 0 aromatic carbocycles. The van der Waals surface area contributed by atoms with E-state index in [0.717, 1.165) is 18.4 Å². The van der Waals surface area contributed by atoms with E-state index in [4.69, 9.17) is 12.2 Å². The maximum absolute atomic E-state index is 13.2. The van der Waals surface area contributed by atoms with Crippen LogP contribution in [0.2, 0.25) is 0 Å². The highest BCUT2D eigenvalue weighted by molar-refractivity contribution is 8.26. The first kappa shape index (κ1) is 22.5. The number of anilines is 1. The normalized spacial score (nSPS) is 15.6. The molecule has 1 aliphatic heterocycles. The molecule has 0 radical (unpaired) electrons. The molecule has 6 nitrogen and oxygen atoms in total. The number of hydrogen-bond donors (Lipinski definition) is 1. The zero-order valence-corrected chi connectivity index (χ0v) is 19.4. The monoisotopic (exact) mass is 444 g/mol. The molecule has 0 spiro atoms. The van der Waals surface area contributed by atoms with Crippen molar-refractivity contribution in [2.24, 2.45) is 0 Å². The number of pyridine rings is 1. The number of nitrogens with zero attached hydrogens (tertiary/aromatic N) is 3. The number of thioether (sulfide) groups is 1. The van der Waals surface area contributed by atoms with Gasteiger partial charge in [-0.3, -0.25) is 18.9 Å². The second kappa shape index (κ2) is 10.2. The van der Waals surface area contributed by atoms with Gasteiger partial charge in [0.05, 0.1) is 10.5 Å². The molecule has 160 valence electrons. The number of aryl methyl sites for hydroxylation is 1. The van der Waals surface area contributed by atoms with Crippen molar-refractivity contribution in [3.63, 3.8) is 0 Å². The maximum Gasteiger partial charge on any atom is 0.267 e. The average Bonchev–Trinajstić information content (AvgIpc) is 2.99. The Bertz CT molecular complexity index is 1050. The first-order valence-electron chi connectivity index (χ1n) is 10.5. The third-order valence-corrected chi connectivity index (χ3v) is 6.44. The second-order valence-electron chi connectivity index (χ2n) is 7.34. The quantitative estimate of drug-likeness (QED) is 0.346. The van der Waals surface area contributed by atoms with Crippen molar-refractivity contribution in [3.8, 4) is 0 Å². The van der Waals surface area contributed by atoms with E-state index in [1.54, 1.807) is 17.2 Å². The number of amides is 1. The molecule has 2 aromatic rings. The minimum absolute atomic E-state index is 0.128. The van der Waals surface area contributed by atoms with Gasteiger partial charge in [0.2, 0.25) is 0 Å². The largest absolute Gasteiger partial charge is 0.370 e. The van der Waals surface area contributed by atoms with Gasteiger partial charge in [-0.2, -0.15) is 0 Å². The molecule has 8 heteroatoms. The van der Waals surface area contributed by atoms with E-state index >= 15 is 0 Å². The van der Waals surface area contributed by atoms with Gasteiger partial charge in [0, 0.05) is 19.3 Å². The third-order valence-electron chi connectivity index (χ3n) is 5.06. The molecule has 0 bridgehead atoms. The second-order valence-corrected chi connectivity index (χ2v) is 9.02. The van der Waals surface area contributed by atoms with Gasteiger partial charge < -0.3 is 5.32 Å². The fourth-order valence-corrected chi connectivity index (χ4v) is 4.73. The summed E-state index contributed by atoms with van der Waals surface area (Å²) in [5, 5.41) is 3.17. The Morgan fingerprint density at radius 2 is 1.97 bits per heavy atom. The van der Waals surface area contributed by atoms with Gasteiger partial charge >= 0.3 is 0 Å². The lowest BCUT2D eigenvalue weighted by atomic mass is 10.1. The minimum atomic E-state index is -0.204. The topological polar surface area (TPSA) is 66.7 Å². The Morgan fingerprint density at radius 1 is 1.20 bits per heavy atom. The zero-order chi connectivity index (χ0) is 21.7. The summed E-state index contributed by atoms with van der Waals surface area (Å²) in [6.07, 6.45) is 8.93. The van der Waals surface area contributed by atoms with Crippen LogP contribution in [-0.4, -0.2) is 37.6 Å². The summed E-state index contributed by atoms with van der Waals surface area (Å²) >= 11 is 6.69. The van der Waals surface area contributed by atoms with Crippen molar-refractivity contribution in [1.29, 1.82) is 0 Å². The number of nitrogens with one attached hydrogen (secondary N) is 1. The zero-order valence-electron chi connectivity index (χ0n) is 17.7. The Hall–Kier alpha value is -2.19. The van der Waals surface area contributed by atoms with Crippen molar-refractivity contribution in [2.45, 2.75) is 52.9 Å². The van der Waals surface area contributed by atoms with Crippen LogP contribution in [0.25, 0.3) is 11.7 Å². The number of hydrogen-bond acceptors (Lipinski definition) is 6. The first-order chi connectivity index (χ1) is 14.5. The van der Waals surface area contributed by atoms with Crippen LogP contribution in [0, 0.1) is 6.92 Å². The van der Waals surface area contributed by atoms with Crippen LogP contribution in [0.15, 0.2) is 28.0 Å². The first-order valence-corrected chi connectivity index (χ1v) is 11.7. The number of unbranched alkanes of at least 4 members (excludes halogenated alkanes) is 4. The molecule has 30 heavy (non-hydrogen) atoms. The highest BCUT2D eigenvalue weighted by atomic mass is 32.2. The van der Waals surface area contributed by atoms with Crippen molar-refractivity contribution < 1.29 is 4.79 Å². The van der Waals surface area contributed by atoms with Gasteiger partial charge in [-0.25, -0.2) is 4.98 Å². The standard InChI is InChI=1S/C22H28N4O2S2/c1-4-6-7-8-9-12-26-21(28)17(30-22(26)29)14-16-18(23-5-2)24-19-15(3)11-10-13-25(19)20(16)27/h10-11,13-14,23H,4-9,12H2,1-3H3. The summed E-state index contributed by atoms with van der Waals surface area (Å²) < 4.78 is 2.08. The predicted octanol–water partition coefficient (Wildman–Crippen LogP) is 4.61. The molecule has 3 heterocycles. The number of carbonyl (C=O) groups excluding carboxylic acids is 1. The lowest BCUT2D eigenvalue weighted by Gasteiger charge is -2.14. The van der Waals surface area contributed by atoms with Crippen molar-refractivity contribution in [1.82, 2.24) is 14.3 Å². The number of fused-ring (bicyclic) bond motifs is 1. The van der Waals surface area contributed by atoms with Gasteiger partial charge in [-0.1, -0.05) is 62.7 Å². The molecular formula is C22H28N4O2S2. The maximum atomic E-state index is 13.2. The Labute approximate surface area is 186 Å². The Balaban J connectivity index is 1.91. The molecule has 2 aromatic heterocycles. The molecule has 1 aliphatic rings. The summed E-state index contributed by atoms with van der Waals surface area (Å²) in [6, 6.07) is 3.74. The van der Waals surface area contributed by atoms with Gasteiger partial charge in [0.15, 0.2) is 0 Å². The molecule has 1 N–H and O–H groups in total. The summed E-state index contributed by atoms with van der Waals surface area (Å²) in [5.41, 5.74) is 1.69. The smallest absolute Gasteiger partial charge is 0.267 e. The van der Waals surface area contributed by atoms with Crippen LogP contribution in [0.4, 0.5) is 5.82 Å². The van der Waals surface area contributed by atoms with E-state index in [0.29, 0.717) is 39.3 Å². The SMILES string of the molecule is CCCCCCCN1C(=O)C(=Cc2c(NCC)nc3c(C)cccn3c2=O)SC1=S. The lowest BCUT2D eigenvalue weighted by Crippen LogP contribution is -2.29. The highest BCUT2D eigenvalue weighted by Crippen LogP contribution is 2.33. The highest BCUT2D eigenvalue weighted by Gasteiger charge is 2.32. The molecule has 1 amide bonds. The van der Waals surface area contributed by atoms with Gasteiger partial charge in [0.1, 0.15) is 15.8 Å². The molecular weight excluding hydrogens is 416 g/mol. The van der Waals surface area contributed by atoms with E-state index in [1.807, 2.05) is 26.0 Å². The number of aromatic nitrogens is 2. The van der Waals surface area contributed by atoms with Crippen LogP contribution in [0.3, 0.4) is 0 Å². The molecule has 0 atom stereocenters. The van der Waals surface area contributed by atoms with Gasteiger partial charge in [-0.15, -0.1) is 0 Å². The third kappa shape index (κ3) is 4.75. The van der Waals surface area contributed by atoms with Crippen molar-refractivity contribution in [2.75, 3.05) is 18.4 Å². The van der Waals surface area contributed by atoms with E-state index in [1.165, 1.54) is 35.4 Å². The van der Waals surface area contributed by atoms with Crippen LogP contribution >= 0.6 is 24.0 Å². The minimum Gasteiger partial charge on any atom is -0.370 e. The van der Waals surface area contributed by atoms with Crippen molar-refractivity contribution in [3.05, 3.63) is 44.7 Å². The molecule has 0 aliphatic carbocycles. The summed E-state index contributed by atoms with van der Waals surface area (Å²) in [6.45, 7) is 7.29. The fourth-order valence-electron chi connectivity index (χ4n) is 3.44. The summed E-state index contributed by atoms with van der Waals surface area (Å²) in [4.78, 5) is 32.9. The van der Waals surface area contributed by atoms with Crippen LogP contribution < -0.4 is 10.9 Å².